The molecule has 1 amide bonds. The number of carbonyl (C=O) groups excluding carboxylic acids is 1. The lowest BCUT2D eigenvalue weighted by Gasteiger charge is -2.17. The molecular weight excluding hydrogens is 404 g/mol. The number of thiophene rings is 1. The van der Waals surface area contributed by atoms with E-state index in [1.165, 1.54) is 16.9 Å². The minimum absolute atomic E-state index is 0.0211. The number of rotatable bonds is 6. The summed E-state index contributed by atoms with van der Waals surface area (Å²) in [5, 5.41) is 4.58. The lowest BCUT2D eigenvalue weighted by atomic mass is 9.96. The Morgan fingerprint density at radius 1 is 1.39 bits per heavy atom. The molecule has 1 aromatic heterocycles. The smallest absolute Gasteiger partial charge is 0.288 e. The molecule has 1 fully saturated rings. The fourth-order valence-electron chi connectivity index (χ4n) is 2.52. The molecule has 0 spiro atoms. The van der Waals surface area contributed by atoms with Crippen molar-refractivity contribution < 1.29 is 13.6 Å². The van der Waals surface area contributed by atoms with Gasteiger partial charge in [-0.1, -0.05) is 39.8 Å². The number of benzene rings is 1. The van der Waals surface area contributed by atoms with E-state index in [2.05, 4.69) is 33.4 Å². The highest BCUT2D eigenvalue weighted by Crippen LogP contribution is 2.48. The molecule has 0 radical (unpaired) electrons. The van der Waals surface area contributed by atoms with E-state index in [1.54, 1.807) is 11.4 Å². The van der Waals surface area contributed by atoms with Gasteiger partial charge in [0.2, 0.25) is 0 Å². The van der Waals surface area contributed by atoms with Crippen molar-refractivity contribution in [2.24, 2.45) is 0 Å². The van der Waals surface area contributed by atoms with Gasteiger partial charge >= 0.3 is 0 Å². The Balaban J connectivity index is 1.67. The van der Waals surface area contributed by atoms with Gasteiger partial charge in [-0.05, 0) is 42.0 Å². The first-order chi connectivity index (χ1) is 11.0. The molecule has 1 aromatic carbocycles. The number of hydrogen-bond donors (Lipinski definition) is 1. The second kappa shape index (κ2) is 6.91. The van der Waals surface area contributed by atoms with Crippen LogP contribution in [0.4, 0.5) is 8.78 Å². The number of hydrogen-bond acceptors (Lipinski definition) is 3. The van der Waals surface area contributed by atoms with E-state index in [1.807, 2.05) is 12.1 Å². The van der Waals surface area contributed by atoms with Gasteiger partial charge in [0.25, 0.3) is 11.7 Å². The van der Waals surface area contributed by atoms with E-state index < -0.39 is 5.76 Å². The summed E-state index contributed by atoms with van der Waals surface area (Å²) in [6.45, 7) is 0.527. The van der Waals surface area contributed by atoms with Crippen LogP contribution in [-0.4, -0.2) is 18.2 Å². The molecule has 3 rings (SSSR count). The average Bonchev–Trinajstić information content (AvgIpc) is 3.17. The highest BCUT2D eigenvalue weighted by molar-refractivity contribution is 9.10. The highest BCUT2D eigenvalue weighted by Gasteiger charge is 2.44. The van der Waals surface area contributed by atoms with Gasteiger partial charge in [-0.15, -0.1) is 11.3 Å². The number of thioether (sulfide) groups is 1. The van der Waals surface area contributed by atoms with Crippen LogP contribution in [0.2, 0.25) is 0 Å². The van der Waals surface area contributed by atoms with Crippen molar-refractivity contribution in [2.45, 2.75) is 28.9 Å². The number of amides is 1. The first-order valence-electron chi connectivity index (χ1n) is 7.07. The molecule has 122 valence electrons. The van der Waals surface area contributed by atoms with E-state index in [4.69, 9.17) is 0 Å². The third-order valence-corrected chi connectivity index (χ3v) is 6.24. The van der Waals surface area contributed by atoms with Crippen molar-refractivity contribution in [2.75, 3.05) is 6.54 Å². The Hall–Kier alpha value is -0.920. The predicted molar refractivity (Wildman–Crippen MR) is 93.6 cm³/mol. The lowest BCUT2D eigenvalue weighted by molar-refractivity contribution is 0.0951. The third kappa shape index (κ3) is 3.95. The van der Waals surface area contributed by atoms with Crippen LogP contribution in [0.25, 0.3) is 0 Å². The summed E-state index contributed by atoms with van der Waals surface area (Å²) >= 11 is 5.08. The summed E-state index contributed by atoms with van der Waals surface area (Å²) < 4.78 is 26.0. The predicted octanol–water partition coefficient (Wildman–Crippen LogP) is 5.29. The molecule has 1 aliphatic carbocycles. The Morgan fingerprint density at radius 2 is 2.17 bits per heavy atom. The summed E-state index contributed by atoms with van der Waals surface area (Å²) in [6.07, 6.45) is 2.04. The highest BCUT2D eigenvalue weighted by atomic mass is 79.9. The van der Waals surface area contributed by atoms with Gasteiger partial charge in [0.05, 0.1) is 0 Å². The van der Waals surface area contributed by atoms with Crippen LogP contribution in [-0.2, 0) is 5.41 Å². The van der Waals surface area contributed by atoms with Crippen LogP contribution >= 0.6 is 39.0 Å². The molecule has 0 aliphatic heterocycles. The normalized spacial score (nSPS) is 15.7. The topological polar surface area (TPSA) is 29.1 Å². The minimum atomic E-state index is -2.52. The van der Waals surface area contributed by atoms with E-state index in [0.717, 1.165) is 17.3 Å². The van der Waals surface area contributed by atoms with Crippen LogP contribution in [0.15, 0.2) is 45.1 Å². The Labute approximate surface area is 149 Å². The Kier molecular flexibility index (Phi) is 5.08. The average molecular weight is 418 g/mol. The monoisotopic (exact) mass is 417 g/mol. The van der Waals surface area contributed by atoms with Gasteiger partial charge in [0.15, 0.2) is 0 Å². The lowest BCUT2D eigenvalue weighted by Crippen LogP contribution is -2.32. The fourth-order valence-corrected chi connectivity index (χ4v) is 4.53. The summed E-state index contributed by atoms with van der Waals surface area (Å²) in [7, 11) is 0. The molecule has 0 atom stereocenters. The molecule has 0 saturated heterocycles. The quantitative estimate of drug-likeness (QED) is 0.647. The first-order valence-corrected chi connectivity index (χ1v) is 9.62. The fraction of sp³-hybridized carbons (Fsp3) is 0.312. The van der Waals surface area contributed by atoms with Crippen LogP contribution in [0.3, 0.4) is 0 Å². The second-order valence-corrected chi connectivity index (χ2v) is 8.33. The maximum atomic E-state index is 12.5. The molecule has 0 bridgehead atoms. The third-order valence-electron chi connectivity index (χ3n) is 3.93. The second-order valence-electron chi connectivity index (χ2n) is 5.47. The van der Waals surface area contributed by atoms with Crippen molar-refractivity contribution in [1.82, 2.24) is 5.32 Å². The number of carbonyl (C=O) groups is 1. The van der Waals surface area contributed by atoms with Gasteiger partial charge in [0.1, 0.15) is 4.88 Å². The van der Waals surface area contributed by atoms with Gasteiger partial charge in [-0.3, -0.25) is 4.79 Å². The molecule has 7 heteroatoms. The van der Waals surface area contributed by atoms with Crippen molar-refractivity contribution in [1.29, 1.82) is 0 Å². The van der Waals surface area contributed by atoms with Crippen LogP contribution in [0.5, 0.6) is 0 Å². The van der Waals surface area contributed by atoms with Crippen molar-refractivity contribution in [3.05, 3.63) is 50.6 Å². The summed E-state index contributed by atoms with van der Waals surface area (Å²) in [5.41, 5.74) is 1.17. The maximum Gasteiger partial charge on any atom is 0.288 e. The molecule has 2 nitrogen and oxygen atoms in total. The zero-order valence-corrected chi connectivity index (χ0v) is 15.2. The molecule has 1 aliphatic rings. The van der Waals surface area contributed by atoms with Gasteiger partial charge in [-0.25, -0.2) is 0 Å². The molecule has 1 heterocycles. The number of nitrogens with one attached hydrogen (secondary N) is 1. The minimum Gasteiger partial charge on any atom is -0.350 e. The van der Waals surface area contributed by atoms with Crippen LogP contribution in [0, 0.1) is 0 Å². The van der Waals surface area contributed by atoms with Crippen molar-refractivity contribution in [3.63, 3.8) is 0 Å². The molecular formula is C16H14BrF2NOS2. The van der Waals surface area contributed by atoms with Crippen LogP contribution in [0.1, 0.15) is 28.1 Å². The van der Waals surface area contributed by atoms with Gasteiger partial charge in [-0.2, -0.15) is 8.78 Å². The molecule has 0 unspecified atom stereocenters. The zero-order valence-electron chi connectivity index (χ0n) is 12.0. The van der Waals surface area contributed by atoms with Crippen molar-refractivity contribution >= 4 is 44.9 Å². The molecule has 2 aromatic rings. The van der Waals surface area contributed by atoms with Gasteiger partial charge < -0.3 is 5.32 Å². The molecule has 23 heavy (non-hydrogen) atoms. The van der Waals surface area contributed by atoms with Gasteiger partial charge in [0, 0.05) is 21.3 Å². The van der Waals surface area contributed by atoms with E-state index >= 15 is 0 Å². The summed E-state index contributed by atoms with van der Waals surface area (Å²) in [5.74, 6) is -2.79. The Bertz CT molecular complexity index is 716. The van der Waals surface area contributed by atoms with E-state index in [9.17, 15) is 13.6 Å². The molecule has 1 saturated carbocycles. The zero-order chi connectivity index (χ0) is 16.4. The summed E-state index contributed by atoms with van der Waals surface area (Å²) in [4.78, 5) is 13.0. The number of halogens is 3. The maximum absolute atomic E-state index is 12.5. The standard InChI is InChI=1S/C16H14BrF2NOS2/c17-11-3-1-2-10(8-11)16(5-6-16)9-20-14(21)13-12(4-7-22-13)23-15(18)19/h1-4,7-8,15H,5-6,9H2,(H,20,21). The Morgan fingerprint density at radius 3 is 2.83 bits per heavy atom. The van der Waals surface area contributed by atoms with E-state index in [-0.39, 0.29) is 11.3 Å². The SMILES string of the molecule is O=C(NCC1(c2cccc(Br)c2)CC1)c1sccc1SC(F)F. The molecule has 1 N–H and O–H groups in total. The number of alkyl halides is 2. The van der Waals surface area contributed by atoms with Crippen LogP contribution < -0.4 is 5.32 Å². The van der Waals surface area contributed by atoms with Crippen molar-refractivity contribution in [3.8, 4) is 0 Å². The first kappa shape index (κ1) is 16.9. The van der Waals surface area contributed by atoms with E-state index in [0.29, 0.717) is 28.1 Å². The summed E-state index contributed by atoms with van der Waals surface area (Å²) in [6, 6.07) is 9.66. The largest absolute Gasteiger partial charge is 0.350 e.